The summed E-state index contributed by atoms with van der Waals surface area (Å²) >= 11 is 0. The molecule has 2 aromatic carbocycles. The fraction of sp³-hybridized carbons (Fsp3) is 0.455. The third kappa shape index (κ3) is 4.14. The van der Waals surface area contributed by atoms with Gasteiger partial charge >= 0.3 is 0 Å². The Morgan fingerprint density at radius 2 is 1.92 bits per heavy atom. The predicted octanol–water partition coefficient (Wildman–Crippen LogP) is 4.17. The van der Waals surface area contributed by atoms with E-state index in [2.05, 4.69) is 17.0 Å². The summed E-state index contributed by atoms with van der Waals surface area (Å²) in [5.41, 5.74) is 1.82. The lowest BCUT2D eigenvalue weighted by Crippen LogP contribution is -2.47. The maximum absolute atomic E-state index is 14.0. The zero-order valence-electron chi connectivity index (χ0n) is 15.1. The molecule has 2 fully saturated rings. The number of piperidine rings is 1. The van der Waals surface area contributed by atoms with Gasteiger partial charge in [-0.25, -0.2) is 4.39 Å². The smallest absolute Gasteiger partial charge is 0.127 e. The second-order valence-corrected chi connectivity index (χ2v) is 7.52. The minimum Gasteiger partial charge on any atom is -0.371 e. The van der Waals surface area contributed by atoms with Crippen LogP contribution in [-0.2, 0) is 22.6 Å². The van der Waals surface area contributed by atoms with E-state index >= 15 is 0 Å². The largest absolute Gasteiger partial charge is 0.371 e. The van der Waals surface area contributed by atoms with Crippen molar-refractivity contribution < 1.29 is 13.9 Å². The highest BCUT2D eigenvalue weighted by Crippen LogP contribution is 2.36. The lowest BCUT2D eigenvalue weighted by atomic mass is 9.89. The van der Waals surface area contributed by atoms with E-state index in [4.69, 9.17) is 9.47 Å². The minimum absolute atomic E-state index is 0.122. The number of hydrogen-bond acceptors (Lipinski definition) is 3. The van der Waals surface area contributed by atoms with Crippen LogP contribution < -0.4 is 0 Å². The molecule has 2 aromatic rings. The molecule has 26 heavy (non-hydrogen) atoms. The van der Waals surface area contributed by atoms with E-state index in [-0.39, 0.29) is 17.5 Å². The Bertz CT molecular complexity index is 723. The van der Waals surface area contributed by atoms with Gasteiger partial charge in [0.1, 0.15) is 5.82 Å². The van der Waals surface area contributed by atoms with Crippen molar-refractivity contribution in [2.75, 3.05) is 19.7 Å². The van der Waals surface area contributed by atoms with Crippen molar-refractivity contribution in [3.8, 4) is 0 Å². The molecular formula is C22H26FNO2. The van der Waals surface area contributed by atoms with E-state index < -0.39 is 0 Å². The Balaban J connectivity index is 1.33. The number of nitrogens with zero attached hydrogens (tertiary/aromatic N) is 1. The first kappa shape index (κ1) is 17.7. The molecule has 4 heteroatoms. The third-order valence-electron chi connectivity index (χ3n) is 5.47. The Morgan fingerprint density at radius 1 is 1.12 bits per heavy atom. The van der Waals surface area contributed by atoms with Gasteiger partial charge in [0.2, 0.25) is 0 Å². The van der Waals surface area contributed by atoms with E-state index in [0.717, 1.165) is 37.9 Å². The van der Waals surface area contributed by atoms with Crippen LogP contribution in [0, 0.1) is 5.82 Å². The van der Waals surface area contributed by atoms with E-state index in [1.165, 1.54) is 11.6 Å². The average Bonchev–Trinajstić information content (AvgIpc) is 3.05. The molecule has 0 saturated carbocycles. The van der Waals surface area contributed by atoms with Crippen LogP contribution in [0.2, 0.25) is 0 Å². The van der Waals surface area contributed by atoms with Crippen molar-refractivity contribution in [1.29, 1.82) is 0 Å². The summed E-state index contributed by atoms with van der Waals surface area (Å²) in [6.07, 6.45) is 3.21. The van der Waals surface area contributed by atoms with E-state index in [9.17, 15) is 4.39 Å². The molecule has 4 rings (SSSR count). The van der Waals surface area contributed by atoms with Crippen molar-refractivity contribution in [3.05, 3.63) is 71.5 Å². The molecular weight excluding hydrogens is 329 g/mol. The van der Waals surface area contributed by atoms with Crippen LogP contribution in [0.4, 0.5) is 4.39 Å². The van der Waals surface area contributed by atoms with Crippen LogP contribution in [0.25, 0.3) is 0 Å². The van der Waals surface area contributed by atoms with Gasteiger partial charge in [-0.1, -0.05) is 48.5 Å². The highest BCUT2D eigenvalue weighted by atomic mass is 19.1. The van der Waals surface area contributed by atoms with Gasteiger partial charge < -0.3 is 9.47 Å². The summed E-state index contributed by atoms with van der Waals surface area (Å²) in [4.78, 5) is 2.32. The number of hydrogen-bond donors (Lipinski definition) is 0. The quantitative estimate of drug-likeness (QED) is 0.804. The Hall–Kier alpha value is -1.75. The summed E-state index contributed by atoms with van der Waals surface area (Å²) < 4.78 is 26.3. The zero-order valence-corrected chi connectivity index (χ0v) is 15.1. The second-order valence-electron chi connectivity index (χ2n) is 7.52. The normalized spacial score (nSPS) is 26.4. The number of benzene rings is 2. The molecule has 2 saturated heterocycles. The van der Waals surface area contributed by atoms with Gasteiger partial charge in [-0.05, 0) is 31.0 Å². The highest BCUT2D eigenvalue weighted by Gasteiger charge is 2.43. The second kappa shape index (κ2) is 7.87. The fourth-order valence-electron chi connectivity index (χ4n) is 4.18. The molecule has 0 unspecified atom stereocenters. The molecule has 0 radical (unpaired) electrons. The topological polar surface area (TPSA) is 21.7 Å². The maximum Gasteiger partial charge on any atom is 0.127 e. The zero-order chi connectivity index (χ0) is 17.8. The molecule has 1 spiro atoms. The van der Waals surface area contributed by atoms with E-state index in [1.807, 2.05) is 30.3 Å². The van der Waals surface area contributed by atoms with Crippen LogP contribution in [0.3, 0.4) is 0 Å². The molecule has 0 aromatic heterocycles. The Morgan fingerprint density at radius 3 is 2.77 bits per heavy atom. The Labute approximate surface area is 154 Å². The van der Waals surface area contributed by atoms with Crippen molar-refractivity contribution in [2.45, 2.75) is 44.1 Å². The van der Waals surface area contributed by atoms with Crippen LogP contribution in [0.1, 0.15) is 30.4 Å². The van der Waals surface area contributed by atoms with Crippen molar-refractivity contribution in [1.82, 2.24) is 4.90 Å². The molecule has 0 amide bonds. The van der Waals surface area contributed by atoms with Gasteiger partial charge in [-0.2, -0.15) is 0 Å². The van der Waals surface area contributed by atoms with Gasteiger partial charge in [0.15, 0.2) is 0 Å². The Kier molecular flexibility index (Phi) is 5.34. The number of rotatable bonds is 5. The monoisotopic (exact) mass is 355 g/mol. The minimum atomic E-state index is -0.134. The standard InChI is InChI=1S/C22H26FNO2/c23-21-10-5-4-9-19(21)14-24-12-6-11-22(17-24)13-20(16-26-22)25-15-18-7-2-1-3-8-18/h1-5,7-10,20H,6,11-17H2/t20-,22+/m1/s1. The number of ether oxygens (including phenoxy) is 2. The molecule has 0 N–H and O–H groups in total. The SMILES string of the molecule is Fc1ccccc1CN1CCC[C@]2(C[C@@H](OCc3ccccc3)CO2)C1. The first-order chi connectivity index (χ1) is 12.7. The summed E-state index contributed by atoms with van der Waals surface area (Å²) in [6, 6.07) is 17.3. The average molecular weight is 355 g/mol. The molecule has 2 aliphatic rings. The van der Waals surface area contributed by atoms with Gasteiger partial charge in [0, 0.05) is 25.1 Å². The summed E-state index contributed by atoms with van der Waals surface area (Å²) in [5.74, 6) is -0.122. The van der Waals surface area contributed by atoms with Crippen LogP contribution in [0.15, 0.2) is 54.6 Å². The molecule has 2 aliphatic heterocycles. The lowest BCUT2D eigenvalue weighted by molar-refractivity contribution is -0.0550. The lowest BCUT2D eigenvalue weighted by Gasteiger charge is -2.39. The van der Waals surface area contributed by atoms with Gasteiger partial charge in [0.25, 0.3) is 0 Å². The van der Waals surface area contributed by atoms with Crippen LogP contribution in [-0.4, -0.2) is 36.3 Å². The first-order valence-corrected chi connectivity index (χ1v) is 9.48. The molecule has 138 valence electrons. The van der Waals surface area contributed by atoms with E-state index in [1.54, 1.807) is 6.07 Å². The van der Waals surface area contributed by atoms with Crippen molar-refractivity contribution >= 4 is 0 Å². The predicted molar refractivity (Wildman–Crippen MR) is 99.2 cm³/mol. The maximum atomic E-state index is 14.0. The van der Waals surface area contributed by atoms with Crippen LogP contribution in [0.5, 0.6) is 0 Å². The van der Waals surface area contributed by atoms with E-state index in [0.29, 0.717) is 19.8 Å². The number of halogens is 1. The fourth-order valence-corrected chi connectivity index (χ4v) is 4.18. The molecule has 2 atom stereocenters. The van der Waals surface area contributed by atoms with Crippen molar-refractivity contribution in [3.63, 3.8) is 0 Å². The van der Waals surface area contributed by atoms with Crippen molar-refractivity contribution in [2.24, 2.45) is 0 Å². The first-order valence-electron chi connectivity index (χ1n) is 9.48. The summed E-state index contributed by atoms with van der Waals surface area (Å²) in [6.45, 7) is 3.78. The van der Waals surface area contributed by atoms with Gasteiger partial charge in [0.05, 0.1) is 24.9 Å². The highest BCUT2D eigenvalue weighted by molar-refractivity contribution is 5.17. The molecule has 0 bridgehead atoms. The number of likely N-dealkylation sites (tertiary alicyclic amines) is 1. The molecule has 3 nitrogen and oxygen atoms in total. The van der Waals surface area contributed by atoms with Crippen LogP contribution >= 0.6 is 0 Å². The molecule has 2 heterocycles. The molecule has 0 aliphatic carbocycles. The summed E-state index contributed by atoms with van der Waals surface area (Å²) in [5, 5.41) is 0. The van der Waals surface area contributed by atoms with Gasteiger partial charge in [-0.15, -0.1) is 0 Å². The third-order valence-corrected chi connectivity index (χ3v) is 5.47. The van der Waals surface area contributed by atoms with Gasteiger partial charge in [-0.3, -0.25) is 4.90 Å². The summed E-state index contributed by atoms with van der Waals surface area (Å²) in [7, 11) is 0.